The third-order valence-electron chi connectivity index (χ3n) is 3.55. The lowest BCUT2D eigenvalue weighted by Gasteiger charge is -2.26. The first-order valence-electron chi connectivity index (χ1n) is 5.79. The Morgan fingerprint density at radius 1 is 1.19 bits per heavy atom. The number of rotatable bonds is 1. The molecular weight excluding hydrogens is 207 g/mol. The van der Waals surface area contributed by atoms with Gasteiger partial charge in [0.2, 0.25) is 0 Å². The molecule has 0 radical (unpaired) electrons. The largest absolute Gasteiger partial charge is 0.504 e. The van der Waals surface area contributed by atoms with E-state index in [0.29, 0.717) is 5.92 Å². The second kappa shape index (κ2) is 4.32. The fourth-order valence-electron chi connectivity index (χ4n) is 2.43. The van der Waals surface area contributed by atoms with E-state index in [-0.39, 0.29) is 7.18 Å². The van der Waals surface area contributed by atoms with Crippen molar-refractivity contribution in [3.05, 3.63) is 23.5 Å². The zero-order chi connectivity index (χ0) is 11.7. The van der Waals surface area contributed by atoms with Crippen LogP contribution in [0, 0.1) is 11.7 Å². The van der Waals surface area contributed by atoms with Crippen LogP contribution in [-0.4, -0.2) is 10.2 Å². The molecule has 16 heavy (non-hydrogen) atoms. The van der Waals surface area contributed by atoms with Crippen molar-refractivity contribution in [2.45, 2.75) is 38.5 Å². The van der Waals surface area contributed by atoms with Crippen LogP contribution in [0.1, 0.15) is 45.5 Å². The second-order valence-corrected chi connectivity index (χ2v) is 4.83. The molecule has 1 aromatic carbocycles. The predicted octanol–water partition coefficient (Wildman–Crippen LogP) is 3.78. The van der Waals surface area contributed by atoms with Crippen LogP contribution in [0.25, 0.3) is 0 Å². The number of hydrogen-bond donors (Lipinski definition) is 2. The molecule has 0 heterocycles. The van der Waals surface area contributed by atoms with Gasteiger partial charge in [0.25, 0.3) is 0 Å². The molecule has 1 fully saturated rings. The van der Waals surface area contributed by atoms with Crippen LogP contribution in [0.3, 0.4) is 0 Å². The average molecular weight is 226 g/mol. The van der Waals surface area contributed by atoms with Crippen LogP contribution < -0.4 is 0 Å². The number of phenols is 2. The molecule has 0 aliphatic heterocycles. The van der Waals surface area contributed by atoms with E-state index in [4.69, 9.17) is 5.11 Å². The van der Waals surface area contributed by atoms with Crippen molar-refractivity contribution < 1.29 is 16.0 Å². The van der Waals surface area contributed by atoms with E-state index >= 15 is 0 Å². The molecule has 3 heteroatoms. The molecule has 0 amide bonds. The van der Waals surface area contributed by atoms with E-state index in [9.17, 15) is 9.50 Å². The summed E-state index contributed by atoms with van der Waals surface area (Å²) < 4.78 is 13.3. The molecule has 0 unspecified atom stereocenters. The van der Waals surface area contributed by atoms with Gasteiger partial charge in [-0.2, -0.15) is 0 Å². The molecule has 1 aromatic rings. The SMILES string of the molecule is CC1CCC(c2cc(O)c(O)c(F)c2)CC1.[HH]. The van der Waals surface area contributed by atoms with Crippen LogP contribution in [-0.2, 0) is 0 Å². The Labute approximate surface area is 96.2 Å². The first-order chi connectivity index (χ1) is 7.58. The molecule has 2 nitrogen and oxygen atoms in total. The third kappa shape index (κ3) is 2.13. The fourth-order valence-corrected chi connectivity index (χ4v) is 2.43. The van der Waals surface area contributed by atoms with Gasteiger partial charge in [-0.25, -0.2) is 4.39 Å². The molecule has 0 aromatic heterocycles. The summed E-state index contributed by atoms with van der Waals surface area (Å²) in [6, 6.07) is 2.83. The minimum atomic E-state index is -0.728. The Morgan fingerprint density at radius 3 is 2.38 bits per heavy atom. The van der Waals surface area contributed by atoms with E-state index in [1.807, 2.05) is 0 Å². The van der Waals surface area contributed by atoms with Gasteiger partial charge in [0.15, 0.2) is 17.3 Å². The van der Waals surface area contributed by atoms with E-state index in [1.165, 1.54) is 12.1 Å². The van der Waals surface area contributed by atoms with E-state index < -0.39 is 11.6 Å². The number of halogens is 1. The summed E-state index contributed by atoms with van der Waals surface area (Å²) in [4.78, 5) is 0. The highest BCUT2D eigenvalue weighted by Gasteiger charge is 2.21. The maximum absolute atomic E-state index is 13.3. The zero-order valence-corrected chi connectivity index (χ0v) is 9.41. The standard InChI is InChI=1S/C13H17FO2.H2/c1-8-2-4-9(5-3-8)10-6-11(14)13(16)12(15)7-10;/h6-9,15-16H,2-5H2,1H3;1H. The lowest BCUT2D eigenvalue weighted by molar-refractivity contribution is 0.343. The van der Waals surface area contributed by atoms with Crippen LogP contribution in [0.4, 0.5) is 4.39 Å². The van der Waals surface area contributed by atoms with Gasteiger partial charge in [-0.15, -0.1) is 0 Å². The summed E-state index contributed by atoms with van der Waals surface area (Å²) in [7, 11) is 0. The van der Waals surface area contributed by atoms with Crippen molar-refractivity contribution >= 4 is 0 Å². The topological polar surface area (TPSA) is 40.5 Å². The Kier molecular flexibility index (Phi) is 3.03. The summed E-state index contributed by atoms with van der Waals surface area (Å²) in [6.07, 6.45) is 4.36. The molecule has 0 atom stereocenters. The van der Waals surface area contributed by atoms with Crippen molar-refractivity contribution in [1.29, 1.82) is 0 Å². The summed E-state index contributed by atoms with van der Waals surface area (Å²) >= 11 is 0. The first-order valence-corrected chi connectivity index (χ1v) is 5.79. The Morgan fingerprint density at radius 2 is 1.81 bits per heavy atom. The molecule has 2 N–H and O–H groups in total. The van der Waals surface area contributed by atoms with Crippen molar-refractivity contribution in [3.8, 4) is 11.5 Å². The van der Waals surface area contributed by atoms with E-state index in [2.05, 4.69) is 6.92 Å². The molecule has 1 saturated carbocycles. The number of aromatic hydroxyl groups is 2. The van der Waals surface area contributed by atoms with Crippen molar-refractivity contribution in [2.24, 2.45) is 5.92 Å². The Balaban J connectivity index is 0.00000144. The van der Waals surface area contributed by atoms with Gasteiger partial charge in [-0.3, -0.25) is 0 Å². The fraction of sp³-hybridized carbons (Fsp3) is 0.538. The van der Waals surface area contributed by atoms with Crippen molar-refractivity contribution in [1.82, 2.24) is 0 Å². The molecular formula is C13H19FO2. The average Bonchev–Trinajstić information content (AvgIpc) is 2.26. The summed E-state index contributed by atoms with van der Waals surface area (Å²) in [6.45, 7) is 2.23. The zero-order valence-electron chi connectivity index (χ0n) is 9.41. The predicted molar refractivity (Wildman–Crippen MR) is 62.2 cm³/mol. The molecule has 0 spiro atoms. The third-order valence-corrected chi connectivity index (χ3v) is 3.55. The second-order valence-electron chi connectivity index (χ2n) is 4.83. The monoisotopic (exact) mass is 226 g/mol. The van der Waals surface area contributed by atoms with Gasteiger partial charge >= 0.3 is 0 Å². The van der Waals surface area contributed by atoms with Crippen LogP contribution in [0.5, 0.6) is 11.5 Å². The van der Waals surface area contributed by atoms with E-state index in [1.54, 1.807) is 0 Å². The molecule has 1 aliphatic rings. The van der Waals surface area contributed by atoms with Gasteiger partial charge in [0, 0.05) is 1.43 Å². The van der Waals surface area contributed by atoms with E-state index in [0.717, 1.165) is 37.2 Å². The van der Waals surface area contributed by atoms with Gasteiger partial charge < -0.3 is 10.2 Å². The Bertz CT molecular complexity index is 364. The summed E-state index contributed by atoms with van der Waals surface area (Å²) in [5.74, 6) is -0.667. The Hall–Kier alpha value is -1.25. The maximum atomic E-state index is 13.3. The van der Waals surface area contributed by atoms with Gasteiger partial charge in [0.05, 0.1) is 0 Å². The quantitative estimate of drug-likeness (QED) is 0.715. The molecule has 2 rings (SSSR count). The van der Waals surface area contributed by atoms with Crippen molar-refractivity contribution in [2.75, 3.05) is 0 Å². The van der Waals surface area contributed by atoms with Crippen LogP contribution in [0.15, 0.2) is 12.1 Å². The van der Waals surface area contributed by atoms with Gasteiger partial charge in [-0.1, -0.05) is 19.8 Å². The molecule has 0 saturated heterocycles. The molecule has 90 valence electrons. The summed E-state index contributed by atoms with van der Waals surface area (Å²) in [5.41, 5.74) is 0.805. The highest BCUT2D eigenvalue weighted by atomic mass is 19.1. The summed E-state index contributed by atoms with van der Waals surface area (Å²) in [5, 5.41) is 18.5. The van der Waals surface area contributed by atoms with Crippen LogP contribution in [0.2, 0.25) is 0 Å². The smallest absolute Gasteiger partial charge is 0.194 e. The molecule has 0 bridgehead atoms. The normalized spacial score (nSPS) is 25.6. The maximum Gasteiger partial charge on any atom is 0.194 e. The number of phenolic OH excluding ortho intramolecular Hbond substituents is 2. The highest BCUT2D eigenvalue weighted by Crippen LogP contribution is 2.39. The number of hydrogen-bond acceptors (Lipinski definition) is 2. The van der Waals surface area contributed by atoms with Crippen LogP contribution >= 0.6 is 0 Å². The first kappa shape index (κ1) is 11.2. The lowest BCUT2D eigenvalue weighted by atomic mass is 9.79. The minimum Gasteiger partial charge on any atom is -0.504 e. The minimum absolute atomic E-state index is 0. The lowest BCUT2D eigenvalue weighted by Crippen LogP contribution is -2.10. The van der Waals surface area contributed by atoms with Gasteiger partial charge in [0.1, 0.15) is 0 Å². The highest BCUT2D eigenvalue weighted by molar-refractivity contribution is 5.43. The van der Waals surface area contributed by atoms with Crippen molar-refractivity contribution in [3.63, 3.8) is 0 Å². The van der Waals surface area contributed by atoms with Gasteiger partial charge in [-0.05, 0) is 42.4 Å². The molecule has 1 aliphatic carbocycles. The number of benzene rings is 1.